The number of hydrogen-bond acceptors (Lipinski definition) is 3. The van der Waals surface area contributed by atoms with Crippen LogP contribution < -0.4 is 10.0 Å². The van der Waals surface area contributed by atoms with Crippen LogP contribution >= 0.6 is 11.9 Å². The number of nitrogens with one attached hydrogen (secondary N) is 2. The van der Waals surface area contributed by atoms with Gasteiger partial charge in [0.1, 0.15) is 0 Å². The van der Waals surface area contributed by atoms with Crippen LogP contribution in [0.5, 0.6) is 0 Å². The van der Waals surface area contributed by atoms with Gasteiger partial charge in [-0.15, -0.1) is 0 Å². The van der Waals surface area contributed by atoms with Crippen LogP contribution in [0.25, 0.3) is 0 Å². The molecular weight excluding hydrogens is 204 g/mol. The SMILES string of the molecule is c1ccc(SNCC2CCCNC2)cc1. The summed E-state index contributed by atoms with van der Waals surface area (Å²) < 4.78 is 3.45. The van der Waals surface area contributed by atoms with Crippen LogP contribution in [0.3, 0.4) is 0 Å². The molecule has 0 aromatic heterocycles. The summed E-state index contributed by atoms with van der Waals surface area (Å²) in [5.74, 6) is 0.801. The highest BCUT2D eigenvalue weighted by Crippen LogP contribution is 2.15. The van der Waals surface area contributed by atoms with E-state index < -0.39 is 0 Å². The number of piperidine rings is 1. The molecule has 82 valence electrons. The summed E-state index contributed by atoms with van der Waals surface area (Å²) in [6.45, 7) is 3.47. The highest BCUT2D eigenvalue weighted by molar-refractivity contribution is 7.97. The van der Waals surface area contributed by atoms with Crippen LogP contribution in [0.2, 0.25) is 0 Å². The Hall–Kier alpha value is -0.510. The molecule has 1 saturated heterocycles. The maximum atomic E-state index is 3.45. The quantitative estimate of drug-likeness (QED) is 0.764. The molecule has 1 atom stereocenters. The predicted octanol–water partition coefficient (Wildman–Crippen LogP) is 2.28. The van der Waals surface area contributed by atoms with Crippen LogP contribution in [-0.2, 0) is 0 Å². The second kappa shape index (κ2) is 6.16. The van der Waals surface area contributed by atoms with E-state index in [4.69, 9.17) is 0 Å². The maximum absolute atomic E-state index is 3.45. The van der Waals surface area contributed by atoms with Gasteiger partial charge in [-0.1, -0.05) is 18.2 Å². The lowest BCUT2D eigenvalue weighted by atomic mass is 10.0. The summed E-state index contributed by atoms with van der Waals surface area (Å²) in [5, 5.41) is 3.43. The molecule has 1 aliphatic rings. The molecule has 0 radical (unpaired) electrons. The standard InChI is InChI=1S/C12H18N2S/c1-2-6-12(7-3-1)15-14-10-11-5-4-8-13-9-11/h1-3,6-7,11,13-14H,4-5,8-10H2. The Morgan fingerprint density at radius 1 is 1.33 bits per heavy atom. The molecule has 15 heavy (non-hydrogen) atoms. The van der Waals surface area contributed by atoms with Crippen LogP contribution in [0, 0.1) is 5.92 Å². The third-order valence-electron chi connectivity index (χ3n) is 2.70. The van der Waals surface area contributed by atoms with Gasteiger partial charge in [-0.25, -0.2) is 0 Å². The van der Waals surface area contributed by atoms with Crippen LogP contribution in [0.15, 0.2) is 35.2 Å². The molecule has 2 nitrogen and oxygen atoms in total. The molecular formula is C12H18N2S. The van der Waals surface area contributed by atoms with E-state index in [-0.39, 0.29) is 0 Å². The molecule has 0 amide bonds. The van der Waals surface area contributed by atoms with E-state index in [1.807, 2.05) is 0 Å². The summed E-state index contributed by atoms with van der Waals surface area (Å²) in [7, 11) is 0. The second-order valence-electron chi connectivity index (χ2n) is 3.98. The fourth-order valence-corrected chi connectivity index (χ4v) is 2.61. The molecule has 2 rings (SSSR count). The average Bonchev–Trinajstić information content (AvgIpc) is 2.32. The van der Waals surface area contributed by atoms with E-state index in [0.29, 0.717) is 0 Å². The van der Waals surface area contributed by atoms with E-state index in [1.54, 1.807) is 11.9 Å². The fourth-order valence-electron chi connectivity index (χ4n) is 1.83. The molecule has 3 heteroatoms. The summed E-state index contributed by atoms with van der Waals surface area (Å²) >= 11 is 1.74. The molecule has 0 saturated carbocycles. The van der Waals surface area contributed by atoms with Gasteiger partial charge < -0.3 is 5.32 Å². The smallest absolute Gasteiger partial charge is 0.0228 e. The molecule has 0 spiro atoms. The van der Waals surface area contributed by atoms with Crippen molar-refractivity contribution in [2.75, 3.05) is 19.6 Å². The molecule has 0 aliphatic carbocycles. The van der Waals surface area contributed by atoms with E-state index in [0.717, 1.165) is 12.5 Å². The van der Waals surface area contributed by atoms with Gasteiger partial charge in [0.2, 0.25) is 0 Å². The Kier molecular flexibility index (Phi) is 4.51. The summed E-state index contributed by atoms with van der Waals surface area (Å²) in [6, 6.07) is 10.5. The van der Waals surface area contributed by atoms with Crippen molar-refractivity contribution in [3.8, 4) is 0 Å². The van der Waals surface area contributed by atoms with Gasteiger partial charge in [0, 0.05) is 11.4 Å². The van der Waals surface area contributed by atoms with Crippen molar-refractivity contribution < 1.29 is 0 Å². The maximum Gasteiger partial charge on any atom is 0.0228 e. The lowest BCUT2D eigenvalue weighted by molar-refractivity contribution is 0.379. The van der Waals surface area contributed by atoms with Crippen molar-refractivity contribution in [3.05, 3.63) is 30.3 Å². The van der Waals surface area contributed by atoms with Gasteiger partial charge in [0.15, 0.2) is 0 Å². The third-order valence-corrected chi connectivity index (χ3v) is 3.52. The summed E-state index contributed by atoms with van der Waals surface area (Å²) in [5.41, 5.74) is 0. The first kappa shape index (κ1) is 11.0. The van der Waals surface area contributed by atoms with Crippen LogP contribution in [0.4, 0.5) is 0 Å². The normalized spacial score (nSPS) is 21.5. The number of hydrogen-bond donors (Lipinski definition) is 2. The van der Waals surface area contributed by atoms with E-state index in [9.17, 15) is 0 Å². The highest BCUT2D eigenvalue weighted by Gasteiger charge is 2.11. The largest absolute Gasteiger partial charge is 0.316 e. The minimum absolute atomic E-state index is 0.801. The topological polar surface area (TPSA) is 24.1 Å². The van der Waals surface area contributed by atoms with Gasteiger partial charge in [-0.3, -0.25) is 4.72 Å². The highest BCUT2D eigenvalue weighted by atomic mass is 32.2. The molecule has 2 N–H and O–H groups in total. The molecule has 1 heterocycles. The fraction of sp³-hybridized carbons (Fsp3) is 0.500. The predicted molar refractivity (Wildman–Crippen MR) is 65.9 cm³/mol. The first-order chi connectivity index (χ1) is 7.45. The Morgan fingerprint density at radius 2 is 2.20 bits per heavy atom. The Labute approximate surface area is 96.0 Å². The van der Waals surface area contributed by atoms with Crippen LogP contribution in [0.1, 0.15) is 12.8 Å². The molecule has 1 unspecified atom stereocenters. The van der Waals surface area contributed by atoms with Crippen molar-refractivity contribution in [2.24, 2.45) is 5.92 Å². The Morgan fingerprint density at radius 3 is 2.93 bits per heavy atom. The average molecular weight is 222 g/mol. The second-order valence-corrected chi connectivity index (χ2v) is 4.94. The van der Waals surface area contributed by atoms with Crippen LogP contribution in [-0.4, -0.2) is 19.6 Å². The van der Waals surface area contributed by atoms with Gasteiger partial charge >= 0.3 is 0 Å². The number of benzene rings is 1. The van der Waals surface area contributed by atoms with Crippen molar-refractivity contribution in [3.63, 3.8) is 0 Å². The third kappa shape index (κ3) is 3.86. The lowest BCUT2D eigenvalue weighted by Gasteiger charge is -2.22. The zero-order chi connectivity index (χ0) is 10.3. The summed E-state index contributed by atoms with van der Waals surface area (Å²) in [4.78, 5) is 1.29. The van der Waals surface area contributed by atoms with Crippen molar-refractivity contribution >= 4 is 11.9 Å². The Balaban J connectivity index is 1.66. The molecule has 1 aromatic rings. The zero-order valence-electron chi connectivity index (χ0n) is 8.91. The summed E-state index contributed by atoms with van der Waals surface area (Å²) in [6.07, 6.45) is 2.68. The molecule has 1 fully saturated rings. The molecule has 0 bridgehead atoms. The van der Waals surface area contributed by atoms with Crippen molar-refractivity contribution in [1.29, 1.82) is 0 Å². The van der Waals surface area contributed by atoms with E-state index >= 15 is 0 Å². The molecule has 1 aliphatic heterocycles. The van der Waals surface area contributed by atoms with Crippen molar-refractivity contribution in [2.45, 2.75) is 17.7 Å². The molecule has 1 aromatic carbocycles. The van der Waals surface area contributed by atoms with Crippen molar-refractivity contribution in [1.82, 2.24) is 10.0 Å². The monoisotopic (exact) mass is 222 g/mol. The van der Waals surface area contributed by atoms with Gasteiger partial charge in [-0.05, 0) is 55.9 Å². The number of rotatable bonds is 4. The minimum Gasteiger partial charge on any atom is -0.316 e. The van der Waals surface area contributed by atoms with E-state index in [2.05, 4.69) is 40.4 Å². The van der Waals surface area contributed by atoms with Gasteiger partial charge in [-0.2, -0.15) is 0 Å². The Bertz CT molecular complexity index is 270. The van der Waals surface area contributed by atoms with Gasteiger partial charge in [0.05, 0.1) is 0 Å². The van der Waals surface area contributed by atoms with Gasteiger partial charge in [0.25, 0.3) is 0 Å². The minimum atomic E-state index is 0.801. The lowest BCUT2D eigenvalue weighted by Crippen LogP contribution is -2.34. The van der Waals surface area contributed by atoms with E-state index in [1.165, 1.54) is 30.8 Å². The first-order valence-corrected chi connectivity index (χ1v) is 6.42. The zero-order valence-corrected chi connectivity index (χ0v) is 9.72. The first-order valence-electron chi connectivity index (χ1n) is 5.60.